The third-order valence-electron chi connectivity index (χ3n) is 2.30. The second kappa shape index (κ2) is 4.71. The van der Waals surface area contributed by atoms with Gasteiger partial charge >= 0.3 is 0 Å². The number of aromatic nitrogens is 1. The van der Waals surface area contributed by atoms with E-state index in [1.807, 2.05) is 26.0 Å². The van der Waals surface area contributed by atoms with E-state index < -0.39 is 0 Å². The predicted molar refractivity (Wildman–Crippen MR) is 73.3 cm³/mol. The number of hydrogen-bond donors (Lipinski definition) is 1. The van der Waals surface area contributed by atoms with E-state index in [1.54, 1.807) is 18.4 Å². The average Bonchev–Trinajstić information content (AvgIpc) is 2.72. The minimum Gasteiger partial charge on any atom is -0.494 e. The molecule has 0 aliphatic heterocycles. The van der Waals surface area contributed by atoms with E-state index >= 15 is 0 Å². The summed E-state index contributed by atoms with van der Waals surface area (Å²) in [5, 5.41) is 4.93. The molecular formula is C12H15N3OS. The lowest BCUT2D eigenvalue weighted by molar-refractivity contribution is 0.419. The fourth-order valence-electron chi connectivity index (χ4n) is 1.48. The molecule has 17 heavy (non-hydrogen) atoms. The fraction of sp³-hybridized carbons (Fsp3) is 0.333. The van der Waals surface area contributed by atoms with Gasteiger partial charge in [0.1, 0.15) is 11.3 Å². The lowest BCUT2D eigenvalue weighted by Gasteiger charge is -2.00. The summed E-state index contributed by atoms with van der Waals surface area (Å²) >= 11 is 1.59. The van der Waals surface area contributed by atoms with Gasteiger partial charge < -0.3 is 4.74 Å². The first-order chi connectivity index (χ1) is 8.11. The Hall–Kier alpha value is -1.62. The molecular weight excluding hydrogens is 234 g/mol. The zero-order valence-corrected chi connectivity index (χ0v) is 11.2. The summed E-state index contributed by atoms with van der Waals surface area (Å²) in [7, 11) is 1.66. The highest BCUT2D eigenvalue weighted by molar-refractivity contribution is 7.22. The molecule has 0 atom stereocenters. The molecule has 0 aliphatic rings. The van der Waals surface area contributed by atoms with Gasteiger partial charge in [0.25, 0.3) is 0 Å². The fourth-order valence-corrected chi connectivity index (χ4v) is 2.38. The summed E-state index contributed by atoms with van der Waals surface area (Å²) in [4.78, 5) is 4.49. The topological polar surface area (TPSA) is 46.5 Å². The molecule has 4 nitrogen and oxygen atoms in total. The lowest BCUT2D eigenvalue weighted by Crippen LogP contribution is -1.91. The Kier molecular flexibility index (Phi) is 3.28. The monoisotopic (exact) mass is 249 g/mol. The van der Waals surface area contributed by atoms with Crippen molar-refractivity contribution in [1.29, 1.82) is 0 Å². The maximum absolute atomic E-state index is 5.30. The SMILES string of the molecule is COc1ccc(C)c2sc(NN=C(C)C)nc12. The number of ether oxygens (including phenoxy) is 1. The summed E-state index contributed by atoms with van der Waals surface area (Å²) in [6.45, 7) is 5.94. The molecule has 0 aliphatic carbocycles. The summed E-state index contributed by atoms with van der Waals surface area (Å²) in [5.74, 6) is 0.798. The standard InChI is InChI=1S/C12H15N3OS/c1-7(2)14-15-12-13-10-9(16-4)6-5-8(3)11(10)17-12/h5-6H,1-4H3,(H,13,15). The minimum absolute atomic E-state index is 0.786. The van der Waals surface area contributed by atoms with Gasteiger partial charge in [-0.05, 0) is 32.4 Å². The number of rotatable bonds is 3. The Balaban J connectivity index is 2.48. The van der Waals surface area contributed by atoms with Crippen LogP contribution in [0, 0.1) is 6.92 Å². The Morgan fingerprint density at radius 3 is 2.82 bits per heavy atom. The van der Waals surface area contributed by atoms with Crippen LogP contribution in [0.3, 0.4) is 0 Å². The van der Waals surface area contributed by atoms with Crippen molar-refractivity contribution < 1.29 is 4.74 Å². The van der Waals surface area contributed by atoms with Crippen molar-refractivity contribution in [3.63, 3.8) is 0 Å². The largest absolute Gasteiger partial charge is 0.494 e. The molecule has 0 saturated carbocycles. The molecule has 1 N–H and O–H groups in total. The summed E-state index contributed by atoms with van der Waals surface area (Å²) in [6.07, 6.45) is 0. The molecule has 90 valence electrons. The van der Waals surface area contributed by atoms with Crippen molar-refractivity contribution in [2.75, 3.05) is 12.5 Å². The summed E-state index contributed by atoms with van der Waals surface area (Å²) in [5.41, 5.74) is 6.01. The maximum atomic E-state index is 5.30. The molecule has 1 aromatic heterocycles. The molecule has 2 rings (SSSR count). The van der Waals surface area contributed by atoms with Crippen LogP contribution in [-0.4, -0.2) is 17.8 Å². The van der Waals surface area contributed by atoms with Gasteiger partial charge in [-0.25, -0.2) is 4.98 Å². The molecule has 0 saturated heterocycles. The number of methoxy groups -OCH3 is 1. The zero-order valence-electron chi connectivity index (χ0n) is 10.4. The van der Waals surface area contributed by atoms with Crippen LogP contribution < -0.4 is 10.2 Å². The Labute approximate surface area is 104 Å². The van der Waals surface area contributed by atoms with Crippen LogP contribution in [-0.2, 0) is 0 Å². The van der Waals surface area contributed by atoms with Crippen LogP contribution in [0.5, 0.6) is 5.75 Å². The number of nitrogens with zero attached hydrogens (tertiary/aromatic N) is 2. The molecule has 2 aromatic rings. The van der Waals surface area contributed by atoms with Gasteiger partial charge in [-0.2, -0.15) is 5.10 Å². The first-order valence-corrected chi connectivity index (χ1v) is 6.14. The number of fused-ring (bicyclic) bond motifs is 1. The van der Waals surface area contributed by atoms with E-state index in [0.717, 1.165) is 26.8 Å². The van der Waals surface area contributed by atoms with E-state index in [1.165, 1.54) is 5.56 Å². The molecule has 1 heterocycles. The number of nitrogens with one attached hydrogen (secondary N) is 1. The third kappa shape index (κ3) is 2.39. The van der Waals surface area contributed by atoms with Gasteiger partial charge in [0.15, 0.2) is 0 Å². The van der Waals surface area contributed by atoms with Crippen molar-refractivity contribution in [2.24, 2.45) is 5.10 Å². The zero-order chi connectivity index (χ0) is 12.4. The van der Waals surface area contributed by atoms with Crippen LogP contribution in [0.2, 0.25) is 0 Å². The number of hydrazone groups is 1. The van der Waals surface area contributed by atoms with E-state index in [0.29, 0.717) is 0 Å². The Bertz CT molecular complexity index is 570. The summed E-state index contributed by atoms with van der Waals surface area (Å²) < 4.78 is 6.44. The predicted octanol–water partition coefficient (Wildman–Crippen LogP) is 3.42. The smallest absolute Gasteiger partial charge is 0.204 e. The molecule has 0 unspecified atom stereocenters. The van der Waals surface area contributed by atoms with E-state index in [-0.39, 0.29) is 0 Å². The highest BCUT2D eigenvalue weighted by Gasteiger charge is 2.10. The van der Waals surface area contributed by atoms with Crippen LogP contribution >= 0.6 is 11.3 Å². The van der Waals surface area contributed by atoms with E-state index in [9.17, 15) is 0 Å². The van der Waals surface area contributed by atoms with Gasteiger partial charge in [0, 0.05) is 5.71 Å². The second-order valence-electron chi connectivity index (χ2n) is 3.95. The quantitative estimate of drug-likeness (QED) is 0.669. The normalized spacial score (nSPS) is 10.4. The second-order valence-corrected chi connectivity index (χ2v) is 4.95. The van der Waals surface area contributed by atoms with Crippen molar-refractivity contribution in [3.05, 3.63) is 17.7 Å². The van der Waals surface area contributed by atoms with Crippen LogP contribution in [0.15, 0.2) is 17.2 Å². The van der Waals surface area contributed by atoms with Crippen molar-refractivity contribution in [2.45, 2.75) is 20.8 Å². The van der Waals surface area contributed by atoms with Gasteiger partial charge in [-0.1, -0.05) is 17.4 Å². The van der Waals surface area contributed by atoms with E-state index in [4.69, 9.17) is 4.74 Å². The van der Waals surface area contributed by atoms with Gasteiger partial charge in [0.2, 0.25) is 5.13 Å². The van der Waals surface area contributed by atoms with Crippen LogP contribution in [0.25, 0.3) is 10.2 Å². The first-order valence-electron chi connectivity index (χ1n) is 5.33. The minimum atomic E-state index is 0.786. The number of hydrogen-bond acceptors (Lipinski definition) is 5. The number of aryl methyl sites for hydroxylation is 1. The lowest BCUT2D eigenvalue weighted by atomic mass is 10.2. The molecule has 1 aromatic carbocycles. The molecule has 0 amide bonds. The average molecular weight is 249 g/mol. The van der Waals surface area contributed by atoms with Crippen molar-refractivity contribution in [3.8, 4) is 5.75 Å². The molecule has 0 spiro atoms. The van der Waals surface area contributed by atoms with Gasteiger partial charge in [-0.15, -0.1) is 0 Å². The highest BCUT2D eigenvalue weighted by Crippen LogP contribution is 2.34. The third-order valence-corrected chi connectivity index (χ3v) is 3.39. The molecule has 5 heteroatoms. The van der Waals surface area contributed by atoms with Crippen LogP contribution in [0.4, 0.5) is 5.13 Å². The number of thiazole rings is 1. The molecule has 0 radical (unpaired) electrons. The number of anilines is 1. The van der Waals surface area contributed by atoms with Crippen molar-refractivity contribution >= 4 is 32.4 Å². The van der Waals surface area contributed by atoms with Crippen LogP contribution in [0.1, 0.15) is 19.4 Å². The van der Waals surface area contributed by atoms with Crippen molar-refractivity contribution in [1.82, 2.24) is 4.98 Å². The summed E-state index contributed by atoms with van der Waals surface area (Å²) in [6, 6.07) is 3.98. The molecule has 0 fully saturated rings. The maximum Gasteiger partial charge on any atom is 0.204 e. The highest BCUT2D eigenvalue weighted by atomic mass is 32.1. The Morgan fingerprint density at radius 2 is 2.18 bits per heavy atom. The number of benzene rings is 1. The van der Waals surface area contributed by atoms with E-state index in [2.05, 4.69) is 22.4 Å². The Morgan fingerprint density at radius 1 is 1.41 bits per heavy atom. The van der Waals surface area contributed by atoms with Gasteiger partial charge in [0.05, 0.1) is 11.8 Å². The molecule has 0 bridgehead atoms. The van der Waals surface area contributed by atoms with Gasteiger partial charge in [-0.3, -0.25) is 5.43 Å². The first kappa shape index (κ1) is 11.9.